The Morgan fingerprint density at radius 3 is 2.50 bits per heavy atom. The number of aromatic hydroxyl groups is 1. The van der Waals surface area contributed by atoms with Crippen LogP contribution in [0.5, 0.6) is 5.75 Å². The first kappa shape index (κ1) is 38.0. The lowest BCUT2D eigenvalue weighted by molar-refractivity contribution is -0.168. The molecule has 2 aliphatic heterocycles. The number of hydrogen-bond donors (Lipinski definition) is 6. The Morgan fingerprint density at radius 2 is 1.79 bits per heavy atom. The molecule has 2 saturated heterocycles. The normalized spacial score (nSPS) is 41.7. The maximum atomic E-state index is 13.9. The number of carbonyl (C=O) groups is 2. The Balaban J connectivity index is 1.24. The van der Waals surface area contributed by atoms with Crippen molar-refractivity contribution >= 4 is 17.4 Å². The number of ether oxygens (including phenoxy) is 1. The number of aliphatic hydroxyl groups excluding tert-OH is 3. The van der Waals surface area contributed by atoms with E-state index in [1.165, 1.54) is 0 Å². The van der Waals surface area contributed by atoms with Crippen molar-refractivity contribution in [2.75, 3.05) is 18.1 Å². The molecule has 0 bridgehead atoms. The first-order valence-electron chi connectivity index (χ1n) is 20.0. The zero-order chi connectivity index (χ0) is 37.5. The number of ketones is 1. The number of epoxide rings is 1. The molecule has 6 N–H and O–H groups in total. The van der Waals surface area contributed by atoms with Crippen molar-refractivity contribution in [3.63, 3.8) is 0 Å². The Bertz CT molecular complexity index is 1590. The molecule has 0 radical (unpaired) electrons. The van der Waals surface area contributed by atoms with Gasteiger partial charge in [0.05, 0.1) is 29.5 Å². The fourth-order valence-corrected chi connectivity index (χ4v) is 12.1. The minimum atomic E-state index is -1.40. The summed E-state index contributed by atoms with van der Waals surface area (Å²) in [6.07, 6.45) is 4.83. The summed E-state index contributed by atoms with van der Waals surface area (Å²) >= 11 is 0. The van der Waals surface area contributed by atoms with Crippen LogP contribution in [-0.2, 0) is 20.7 Å². The van der Waals surface area contributed by atoms with Crippen molar-refractivity contribution in [1.82, 2.24) is 0 Å². The predicted octanol–water partition coefficient (Wildman–Crippen LogP) is 4.45. The van der Waals surface area contributed by atoms with Gasteiger partial charge in [0.2, 0.25) is 5.91 Å². The van der Waals surface area contributed by atoms with E-state index < -0.39 is 40.2 Å². The van der Waals surface area contributed by atoms with Gasteiger partial charge < -0.3 is 40.3 Å². The molecule has 10 nitrogen and oxygen atoms in total. The average molecular weight is 724 g/mol. The largest absolute Gasteiger partial charge is 0.508 e. The number of allylic oxidation sites excluding steroid dienone is 1. The van der Waals surface area contributed by atoms with Crippen LogP contribution in [0.2, 0.25) is 0 Å². The van der Waals surface area contributed by atoms with Crippen LogP contribution in [0.3, 0.4) is 0 Å². The predicted molar refractivity (Wildman–Crippen MR) is 195 cm³/mol. The van der Waals surface area contributed by atoms with E-state index in [9.17, 15) is 40.2 Å². The quantitative estimate of drug-likeness (QED) is 0.181. The maximum absolute atomic E-state index is 13.9. The first-order chi connectivity index (χ1) is 24.5. The molecule has 3 saturated carbocycles. The molecule has 6 aliphatic rings. The average Bonchev–Trinajstić information content (AvgIpc) is 3.73. The van der Waals surface area contributed by atoms with Gasteiger partial charge in [-0.15, -0.1) is 0 Å². The third-order valence-electron chi connectivity index (χ3n) is 15.4. The number of phenols is 1. The van der Waals surface area contributed by atoms with E-state index in [4.69, 9.17) is 4.74 Å². The van der Waals surface area contributed by atoms with Crippen LogP contribution in [0.25, 0.3) is 0 Å². The van der Waals surface area contributed by atoms with Crippen molar-refractivity contribution in [1.29, 1.82) is 0 Å². The minimum absolute atomic E-state index is 0.00106. The van der Waals surface area contributed by atoms with E-state index in [0.29, 0.717) is 81.5 Å². The molecule has 5 fully saturated rings. The number of benzene rings is 1. The number of rotatable bonds is 11. The molecule has 1 aromatic carbocycles. The Hall–Kier alpha value is -2.34. The van der Waals surface area contributed by atoms with Crippen LogP contribution in [0, 0.1) is 46.3 Å². The van der Waals surface area contributed by atoms with Crippen molar-refractivity contribution in [3.8, 4) is 5.75 Å². The number of aryl methyl sites for hydroxylation is 1. The van der Waals surface area contributed by atoms with E-state index >= 15 is 0 Å². The zero-order valence-corrected chi connectivity index (χ0v) is 31.6. The number of aliphatic hydroxyl groups is 5. The fraction of sp³-hybridized carbons (Fsp3) is 0.762. The summed E-state index contributed by atoms with van der Waals surface area (Å²) in [7, 11) is 0. The number of hydrogen-bond acceptors (Lipinski definition) is 9. The number of fused-ring (bicyclic) bond motifs is 5. The van der Waals surface area contributed by atoms with Crippen LogP contribution in [0.1, 0.15) is 104 Å². The van der Waals surface area contributed by atoms with E-state index in [2.05, 4.69) is 20.8 Å². The number of nitrogens with zero attached hydrogens (tertiary/aromatic N) is 1. The van der Waals surface area contributed by atoms with Crippen LogP contribution >= 0.6 is 0 Å². The highest BCUT2D eigenvalue weighted by molar-refractivity contribution is 5.97. The van der Waals surface area contributed by atoms with Gasteiger partial charge in [0, 0.05) is 42.2 Å². The topological polar surface area (TPSA) is 171 Å². The van der Waals surface area contributed by atoms with Gasteiger partial charge in [-0.3, -0.25) is 9.59 Å². The van der Waals surface area contributed by atoms with Gasteiger partial charge >= 0.3 is 0 Å². The molecule has 13 atom stereocenters. The molecule has 4 aliphatic carbocycles. The Kier molecular flexibility index (Phi) is 9.82. The lowest BCUT2D eigenvalue weighted by atomic mass is 9.44. The highest BCUT2D eigenvalue weighted by Crippen LogP contribution is 2.70. The lowest BCUT2D eigenvalue weighted by Gasteiger charge is -2.61. The molecule has 1 amide bonds. The summed E-state index contributed by atoms with van der Waals surface area (Å²) in [5.74, 6) is -0.524. The smallest absolute Gasteiger partial charge is 0.230 e. The van der Waals surface area contributed by atoms with Gasteiger partial charge in [-0.1, -0.05) is 27.7 Å². The van der Waals surface area contributed by atoms with Crippen molar-refractivity contribution in [2.24, 2.45) is 46.3 Å². The Morgan fingerprint density at radius 1 is 1.04 bits per heavy atom. The number of anilines is 1. The molecule has 0 aromatic heterocycles. The molecule has 0 unspecified atom stereocenters. The van der Waals surface area contributed by atoms with Gasteiger partial charge in [-0.2, -0.15) is 0 Å². The second kappa shape index (κ2) is 13.4. The monoisotopic (exact) mass is 723 g/mol. The second-order valence-electron chi connectivity index (χ2n) is 18.4. The van der Waals surface area contributed by atoms with Crippen LogP contribution < -0.4 is 4.90 Å². The molecular formula is C42H61NO9. The zero-order valence-electron chi connectivity index (χ0n) is 31.6. The summed E-state index contributed by atoms with van der Waals surface area (Å²) in [6, 6.07) is 5.28. The van der Waals surface area contributed by atoms with Gasteiger partial charge in [0.25, 0.3) is 0 Å². The van der Waals surface area contributed by atoms with E-state index in [1.54, 1.807) is 23.1 Å². The number of phenolic OH excluding ortho intramolecular Hbond substituents is 1. The summed E-state index contributed by atoms with van der Waals surface area (Å²) in [5, 5.41) is 67.5. The van der Waals surface area contributed by atoms with Gasteiger partial charge in [0.15, 0.2) is 5.78 Å². The lowest BCUT2D eigenvalue weighted by Crippen LogP contribution is -2.63. The SMILES string of the molecule is CC(C)[C@@H](C)[C@H]1O[C@H]1[C@](C)(O)[C@@H]1CC[C@]2(O)C3=CC(=O)[C@H]4C[C@@H](O)[C@@H](O)C[C@]4(C)[C@@H]3CC[C@]12CCc1cc(O)cc(N2CC[C@@H](CCCO)C2=O)c1. The van der Waals surface area contributed by atoms with E-state index in [0.717, 1.165) is 5.56 Å². The van der Waals surface area contributed by atoms with Crippen LogP contribution in [0.15, 0.2) is 29.8 Å². The summed E-state index contributed by atoms with van der Waals surface area (Å²) in [5.41, 5.74) is -1.92. The number of carbonyl (C=O) groups excluding carboxylic acids is 2. The number of amides is 1. The minimum Gasteiger partial charge on any atom is -0.508 e. The maximum Gasteiger partial charge on any atom is 0.230 e. The molecule has 0 spiro atoms. The van der Waals surface area contributed by atoms with E-state index in [1.807, 2.05) is 19.9 Å². The van der Waals surface area contributed by atoms with Crippen molar-refractivity contribution < 1.29 is 45.0 Å². The molecule has 2 heterocycles. The highest BCUT2D eigenvalue weighted by atomic mass is 16.6. The van der Waals surface area contributed by atoms with Gasteiger partial charge in [0.1, 0.15) is 11.9 Å². The summed E-state index contributed by atoms with van der Waals surface area (Å²) in [4.78, 5) is 29.0. The molecule has 7 rings (SSSR count). The Labute approximate surface area is 308 Å². The fourth-order valence-electron chi connectivity index (χ4n) is 12.1. The third-order valence-corrected chi connectivity index (χ3v) is 15.4. The van der Waals surface area contributed by atoms with Crippen LogP contribution in [-0.4, -0.2) is 91.1 Å². The second-order valence-corrected chi connectivity index (χ2v) is 18.4. The first-order valence-corrected chi connectivity index (χ1v) is 20.0. The van der Waals surface area contributed by atoms with Gasteiger partial charge in [-0.25, -0.2) is 0 Å². The van der Waals surface area contributed by atoms with E-state index in [-0.39, 0.29) is 72.8 Å². The molecule has 288 valence electrons. The van der Waals surface area contributed by atoms with Crippen molar-refractivity contribution in [3.05, 3.63) is 35.4 Å². The molecule has 1 aromatic rings. The molecule has 10 heteroatoms. The van der Waals surface area contributed by atoms with Crippen LogP contribution in [0.4, 0.5) is 5.69 Å². The third kappa shape index (κ3) is 5.90. The molecular weight excluding hydrogens is 662 g/mol. The molecule has 52 heavy (non-hydrogen) atoms. The summed E-state index contributed by atoms with van der Waals surface area (Å²) in [6.45, 7) is 11.0. The summed E-state index contributed by atoms with van der Waals surface area (Å²) < 4.78 is 6.27. The highest BCUT2D eigenvalue weighted by Gasteiger charge is 2.72. The van der Waals surface area contributed by atoms with Gasteiger partial charge in [-0.05, 0) is 136 Å². The standard InChI is InChI=1S/C42H61NO9/c1-23(2)24(3)36-37(52-36)40(5,50)35-10-14-42(51)30-20-32(46)31-21-33(47)34(48)22-39(31,4)29(30)9-13-41(35,42)12-8-25-17-27(19-28(45)18-25)43-15-11-26(38(43)49)7-6-16-44/h17-20,23-24,26,29,31,33-37,44-45,47-48,50-51H,6-16,21-22H2,1-5H3/t24-,26-,29-,31-,33-,34+,35+,36-,37-,39-,40-,41-,42+/m1/s1. The van der Waals surface area contributed by atoms with Crippen molar-refractivity contribution in [2.45, 2.75) is 141 Å².